The van der Waals surface area contributed by atoms with Crippen molar-refractivity contribution >= 4 is 57.5 Å². The van der Waals surface area contributed by atoms with Crippen molar-refractivity contribution in [2.24, 2.45) is 0 Å². The molecule has 0 saturated heterocycles. The third kappa shape index (κ3) is 3.46. The van der Waals surface area contributed by atoms with Gasteiger partial charge in [-0.15, -0.1) is 11.8 Å². The SMILES string of the molecule is Cc1cc(SCc2c(Cl)ccc(Cl)c2Cl)nc2c(C)cccc12. The van der Waals surface area contributed by atoms with Gasteiger partial charge >= 0.3 is 0 Å². The van der Waals surface area contributed by atoms with Crippen LogP contribution >= 0.6 is 46.6 Å². The first-order chi connectivity index (χ1) is 11.0. The maximum absolute atomic E-state index is 6.27. The quantitative estimate of drug-likeness (QED) is 0.354. The molecular weight excluding hydrogens is 369 g/mol. The molecule has 0 aliphatic rings. The number of rotatable bonds is 3. The van der Waals surface area contributed by atoms with Crippen molar-refractivity contribution in [2.45, 2.75) is 24.6 Å². The van der Waals surface area contributed by atoms with Gasteiger partial charge in [0.05, 0.1) is 20.6 Å². The largest absolute Gasteiger partial charge is 0.241 e. The number of para-hydroxylation sites is 1. The molecule has 0 amide bonds. The molecule has 0 atom stereocenters. The summed E-state index contributed by atoms with van der Waals surface area (Å²) in [5.74, 6) is 0.627. The Bertz CT molecular complexity index is 893. The number of nitrogens with zero attached hydrogens (tertiary/aromatic N) is 1. The Morgan fingerprint density at radius 3 is 2.48 bits per heavy atom. The van der Waals surface area contributed by atoms with Crippen molar-refractivity contribution in [1.29, 1.82) is 0 Å². The second-order valence-electron chi connectivity index (χ2n) is 5.36. The highest BCUT2D eigenvalue weighted by Crippen LogP contribution is 2.36. The molecule has 0 unspecified atom stereocenters. The lowest BCUT2D eigenvalue weighted by atomic mass is 10.1. The molecule has 0 N–H and O–H groups in total. The van der Waals surface area contributed by atoms with E-state index in [-0.39, 0.29) is 0 Å². The Morgan fingerprint density at radius 1 is 0.957 bits per heavy atom. The first-order valence-electron chi connectivity index (χ1n) is 7.09. The zero-order chi connectivity index (χ0) is 16.6. The fourth-order valence-corrected chi connectivity index (χ4v) is 4.30. The van der Waals surface area contributed by atoms with Gasteiger partial charge in [0, 0.05) is 21.7 Å². The van der Waals surface area contributed by atoms with Crippen molar-refractivity contribution in [1.82, 2.24) is 4.98 Å². The molecule has 0 saturated carbocycles. The van der Waals surface area contributed by atoms with Crippen molar-refractivity contribution in [3.63, 3.8) is 0 Å². The molecule has 0 aliphatic heterocycles. The Morgan fingerprint density at radius 2 is 1.70 bits per heavy atom. The molecule has 0 bridgehead atoms. The summed E-state index contributed by atoms with van der Waals surface area (Å²) >= 11 is 20.2. The molecule has 0 spiro atoms. The molecule has 5 heteroatoms. The zero-order valence-corrected chi connectivity index (χ0v) is 15.7. The number of hydrogen-bond acceptors (Lipinski definition) is 2. The zero-order valence-electron chi connectivity index (χ0n) is 12.7. The van der Waals surface area contributed by atoms with E-state index in [1.54, 1.807) is 23.9 Å². The molecule has 3 aromatic rings. The van der Waals surface area contributed by atoms with Crippen LogP contribution < -0.4 is 0 Å². The average Bonchev–Trinajstić information content (AvgIpc) is 2.52. The Kier molecular flexibility index (Phi) is 5.07. The van der Waals surface area contributed by atoms with Gasteiger partial charge in [-0.05, 0) is 43.2 Å². The summed E-state index contributed by atoms with van der Waals surface area (Å²) in [6, 6.07) is 11.8. The van der Waals surface area contributed by atoms with Crippen LogP contribution in [0.15, 0.2) is 41.4 Å². The molecule has 0 radical (unpaired) electrons. The van der Waals surface area contributed by atoms with Crippen molar-refractivity contribution in [3.05, 3.63) is 68.2 Å². The van der Waals surface area contributed by atoms with Gasteiger partial charge in [-0.3, -0.25) is 0 Å². The fraction of sp³-hybridized carbons (Fsp3) is 0.167. The highest BCUT2D eigenvalue weighted by Gasteiger charge is 2.11. The monoisotopic (exact) mass is 381 g/mol. The summed E-state index contributed by atoms with van der Waals surface area (Å²) < 4.78 is 0. The van der Waals surface area contributed by atoms with Gasteiger partial charge in [-0.2, -0.15) is 0 Å². The summed E-state index contributed by atoms with van der Waals surface area (Å²) in [7, 11) is 0. The summed E-state index contributed by atoms with van der Waals surface area (Å²) in [6.45, 7) is 4.18. The molecule has 1 aromatic heterocycles. The number of thioether (sulfide) groups is 1. The predicted molar refractivity (Wildman–Crippen MR) is 102 cm³/mol. The van der Waals surface area contributed by atoms with Gasteiger partial charge in [0.25, 0.3) is 0 Å². The predicted octanol–water partition coefficient (Wildman–Crippen LogP) is 7.10. The lowest BCUT2D eigenvalue weighted by molar-refractivity contribution is 1.15. The minimum atomic E-state index is 0.514. The van der Waals surface area contributed by atoms with Crippen LogP contribution in [0.25, 0.3) is 10.9 Å². The highest BCUT2D eigenvalue weighted by atomic mass is 35.5. The summed E-state index contributed by atoms with van der Waals surface area (Å²) in [5.41, 5.74) is 4.27. The summed E-state index contributed by atoms with van der Waals surface area (Å²) in [4.78, 5) is 4.78. The number of pyridine rings is 1. The number of hydrogen-bond donors (Lipinski definition) is 0. The van der Waals surface area contributed by atoms with E-state index in [1.165, 1.54) is 16.5 Å². The van der Waals surface area contributed by atoms with Crippen LogP contribution in [-0.2, 0) is 5.75 Å². The minimum absolute atomic E-state index is 0.514. The molecule has 1 heterocycles. The standard InChI is InChI=1S/C18H14Cl3NS/c1-10-4-3-5-12-11(2)8-16(22-18(10)12)23-9-13-14(19)6-7-15(20)17(13)21/h3-8H,9H2,1-2H3. The van der Waals surface area contributed by atoms with Gasteiger partial charge in [0.2, 0.25) is 0 Å². The molecule has 0 fully saturated rings. The molecular formula is C18H14Cl3NS. The van der Waals surface area contributed by atoms with E-state index in [1.807, 2.05) is 0 Å². The van der Waals surface area contributed by atoms with E-state index in [0.717, 1.165) is 16.1 Å². The van der Waals surface area contributed by atoms with Gasteiger partial charge in [0.1, 0.15) is 0 Å². The number of aromatic nitrogens is 1. The van der Waals surface area contributed by atoms with Crippen LogP contribution in [0.5, 0.6) is 0 Å². The van der Waals surface area contributed by atoms with E-state index in [0.29, 0.717) is 20.8 Å². The van der Waals surface area contributed by atoms with Gasteiger partial charge in [-0.1, -0.05) is 53.0 Å². The Labute approximate surface area is 155 Å². The molecule has 0 aliphatic carbocycles. The van der Waals surface area contributed by atoms with E-state index in [2.05, 4.69) is 38.1 Å². The number of benzene rings is 2. The first kappa shape index (κ1) is 16.9. The fourth-order valence-electron chi connectivity index (χ4n) is 2.45. The minimum Gasteiger partial charge on any atom is -0.241 e. The van der Waals surface area contributed by atoms with Gasteiger partial charge in [0.15, 0.2) is 0 Å². The molecule has 1 nitrogen and oxygen atoms in total. The number of fused-ring (bicyclic) bond motifs is 1. The maximum Gasteiger partial charge on any atom is 0.0973 e. The van der Waals surface area contributed by atoms with Crippen molar-refractivity contribution in [2.75, 3.05) is 0 Å². The van der Waals surface area contributed by atoms with Crippen LogP contribution in [-0.4, -0.2) is 4.98 Å². The normalized spacial score (nSPS) is 11.2. The number of aryl methyl sites for hydroxylation is 2. The van der Waals surface area contributed by atoms with E-state index in [4.69, 9.17) is 39.8 Å². The molecule has 2 aromatic carbocycles. The van der Waals surface area contributed by atoms with E-state index >= 15 is 0 Å². The lowest BCUT2D eigenvalue weighted by Crippen LogP contribution is -1.91. The summed E-state index contributed by atoms with van der Waals surface area (Å²) in [6.07, 6.45) is 0. The second-order valence-corrected chi connectivity index (χ2v) is 7.55. The van der Waals surface area contributed by atoms with Crippen LogP contribution in [0, 0.1) is 13.8 Å². The molecule has 118 valence electrons. The summed E-state index contributed by atoms with van der Waals surface area (Å²) in [5, 5.41) is 3.80. The maximum atomic E-state index is 6.27. The van der Waals surface area contributed by atoms with Crippen LogP contribution in [0.2, 0.25) is 15.1 Å². The second kappa shape index (κ2) is 6.90. The van der Waals surface area contributed by atoms with E-state index < -0.39 is 0 Å². The van der Waals surface area contributed by atoms with Crippen molar-refractivity contribution < 1.29 is 0 Å². The van der Waals surface area contributed by atoms with Gasteiger partial charge in [-0.25, -0.2) is 4.98 Å². The van der Waals surface area contributed by atoms with Crippen LogP contribution in [0.1, 0.15) is 16.7 Å². The van der Waals surface area contributed by atoms with Crippen molar-refractivity contribution in [3.8, 4) is 0 Å². The smallest absolute Gasteiger partial charge is 0.0973 e. The third-order valence-corrected chi connectivity index (χ3v) is 5.86. The Balaban J connectivity index is 1.94. The van der Waals surface area contributed by atoms with Gasteiger partial charge < -0.3 is 0 Å². The van der Waals surface area contributed by atoms with Crippen LogP contribution in [0.3, 0.4) is 0 Å². The number of halogens is 3. The highest BCUT2D eigenvalue weighted by molar-refractivity contribution is 7.98. The average molecular weight is 383 g/mol. The lowest BCUT2D eigenvalue weighted by Gasteiger charge is -2.10. The van der Waals surface area contributed by atoms with E-state index in [9.17, 15) is 0 Å². The first-order valence-corrected chi connectivity index (χ1v) is 9.21. The topological polar surface area (TPSA) is 12.9 Å². The molecule has 3 rings (SSSR count). The molecule has 23 heavy (non-hydrogen) atoms. The third-order valence-electron chi connectivity index (χ3n) is 3.73. The Hall–Kier alpha value is -0.930. The van der Waals surface area contributed by atoms with Crippen LogP contribution in [0.4, 0.5) is 0 Å².